The van der Waals surface area contributed by atoms with Crippen molar-refractivity contribution in [3.05, 3.63) is 0 Å². The van der Waals surface area contributed by atoms with Crippen molar-refractivity contribution in [3.8, 4) is 6.07 Å². The van der Waals surface area contributed by atoms with Crippen LogP contribution in [0, 0.1) is 35.0 Å². The van der Waals surface area contributed by atoms with E-state index in [0.717, 1.165) is 38.0 Å². The second-order valence-corrected chi connectivity index (χ2v) is 8.82. The topological polar surface area (TPSA) is 59.4 Å². The van der Waals surface area contributed by atoms with E-state index in [2.05, 4.69) is 42.0 Å². The second kappa shape index (κ2) is 8.05. The van der Waals surface area contributed by atoms with Gasteiger partial charge in [0.2, 0.25) is 5.91 Å². The van der Waals surface area contributed by atoms with Crippen LogP contribution >= 0.6 is 0 Å². The lowest BCUT2D eigenvalue weighted by atomic mass is 9.84. The van der Waals surface area contributed by atoms with Gasteiger partial charge in [-0.1, -0.05) is 20.3 Å². The molecule has 3 rings (SSSR count). The Morgan fingerprint density at radius 3 is 2.40 bits per heavy atom. The van der Waals surface area contributed by atoms with E-state index >= 15 is 0 Å². The quantitative estimate of drug-likeness (QED) is 0.800. The maximum Gasteiger partial charge on any atom is 0.234 e. The summed E-state index contributed by atoms with van der Waals surface area (Å²) in [5, 5.41) is 12.6. The van der Waals surface area contributed by atoms with Gasteiger partial charge in [-0.05, 0) is 49.9 Å². The molecule has 1 saturated heterocycles. The van der Waals surface area contributed by atoms with Gasteiger partial charge in [0.1, 0.15) is 6.04 Å². The van der Waals surface area contributed by atoms with Crippen LogP contribution in [0.1, 0.15) is 46.5 Å². The summed E-state index contributed by atoms with van der Waals surface area (Å²) in [7, 11) is 0. The minimum absolute atomic E-state index is 0.00575. The molecule has 3 fully saturated rings. The van der Waals surface area contributed by atoms with Gasteiger partial charge >= 0.3 is 0 Å². The predicted octanol–water partition coefficient (Wildman–Crippen LogP) is 2.09. The number of carbonyl (C=O) groups excluding carboxylic acids is 1. The summed E-state index contributed by atoms with van der Waals surface area (Å²) in [6.45, 7) is 10.4. The number of carbonyl (C=O) groups is 1. The molecular formula is C20H34N4O. The van der Waals surface area contributed by atoms with Crippen LogP contribution < -0.4 is 5.32 Å². The van der Waals surface area contributed by atoms with Crippen molar-refractivity contribution in [1.82, 2.24) is 15.1 Å². The Hall–Kier alpha value is -1.12. The van der Waals surface area contributed by atoms with Gasteiger partial charge in [0, 0.05) is 32.2 Å². The van der Waals surface area contributed by atoms with Gasteiger partial charge in [-0.25, -0.2) is 0 Å². The minimum atomic E-state index is -0.00575. The normalized spacial score (nSPS) is 32.5. The molecule has 1 N–H and O–H groups in total. The van der Waals surface area contributed by atoms with Gasteiger partial charge in [0.25, 0.3) is 0 Å². The molecule has 1 amide bonds. The van der Waals surface area contributed by atoms with E-state index in [1.165, 1.54) is 25.7 Å². The highest BCUT2D eigenvalue weighted by Crippen LogP contribution is 2.49. The molecule has 5 atom stereocenters. The van der Waals surface area contributed by atoms with Crippen molar-refractivity contribution in [3.63, 3.8) is 0 Å². The number of rotatable bonds is 6. The van der Waals surface area contributed by atoms with Crippen LogP contribution in [0.5, 0.6) is 0 Å². The van der Waals surface area contributed by atoms with E-state index in [1.807, 2.05) is 0 Å². The zero-order chi connectivity index (χ0) is 18.0. The number of piperazine rings is 1. The molecule has 140 valence electrons. The summed E-state index contributed by atoms with van der Waals surface area (Å²) in [5.41, 5.74) is 0. The standard InChI is InChI=1S/C20H34N4O/c1-14(2)19(12-21)24-8-6-23(7-9-24)13-20(25)22-15(3)18-11-16-4-5-17(18)10-16/h14-19H,4-11,13H2,1-3H3,(H,22,25)/t15-,16+,17+,18+,19+/m1/s1. The molecule has 0 unspecified atom stereocenters. The third kappa shape index (κ3) is 4.35. The molecule has 1 heterocycles. The van der Waals surface area contributed by atoms with Crippen LogP contribution in [0.4, 0.5) is 0 Å². The third-order valence-electron chi connectivity index (χ3n) is 6.75. The number of nitriles is 1. The molecule has 0 spiro atoms. The maximum absolute atomic E-state index is 12.4. The molecule has 2 saturated carbocycles. The summed E-state index contributed by atoms with van der Waals surface area (Å²) in [6, 6.07) is 2.73. The first kappa shape index (κ1) is 18.7. The zero-order valence-electron chi connectivity index (χ0n) is 16.1. The third-order valence-corrected chi connectivity index (χ3v) is 6.75. The Balaban J connectivity index is 1.40. The summed E-state index contributed by atoms with van der Waals surface area (Å²) < 4.78 is 0. The molecule has 2 bridgehead atoms. The van der Waals surface area contributed by atoms with Crippen molar-refractivity contribution < 1.29 is 4.79 Å². The first-order valence-electron chi connectivity index (χ1n) is 10.1. The van der Waals surface area contributed by atoms with Crippen LogP contribution in [-0.2, 0) is 4.79 Å². The first-order chi connectivity index (χ1) is 12.0. The summed E-state index contributed by atoms with van der Waals surface area (Å²) in [4.78, 5) is 16.9. The van der Waals surface area contributed by atoms with Crippen LogP contribution in [0.15, 0.2) is 0 Å². The van der Waals surface area contributed by atoms with E-state index in [1.54, 1.807) is 0 Å². The Kier molecular flexibility index (Phi) is 6.01. The van der Waals surface area contributed by atoms with E-state index in [9.17, 15) is 10.1 Å². The number of hydrogen-bond donors (Lipinski definition) is 1. The van der Waals surface area contributed by atoms with Crippen molar-refractivity contribution >= 4 is 5.91 Å². The molecule has 0 aromatic carbocycles. The van der Waals surface area contributed by atoms with E-state index < -0.39 is 0 Å². The number of amides is 1. The molecule has 2 aliphatic carbocycles. The van der Waals surface area contributed by atoms with Crippen molar-refractivity contribution in [2.45, 2.75) is 58.5 Å². The molecule has 0 aromatic rings. The Labute approximate surface area is 152 Å². The average molecular weight is 347 g/mol. The van der Waals surface area contributed by atoms with Crippen LogP contribution in [-0.4, -0.2) is 60.5 Å². The van der Waals surface area contributed by atoms with Crippen LogP contribution in [0.25, 0.3) is 0 Å². The van der Waals surface area contributed by atoms with E-state index in [-0.39, 0.29) is 11.9 Å². The number of hydrogen-bond acceptors (Lipinski definition) is 4. The lowest BCUT2D eigenvalue weighted by Gasteiger charge is -2.38. The fourth-order valence-electron chi connectivity index (χ4n) is 5.37. The Bertz CT molecular complexity index is 506. The van der Waals surface area contributed by atoms with Gasteiger partial charge in [-0.2, -0.15) is 5.26 Å². The average Bonchev–Trinajstić information content (AvgIpc) is 3.20. The predicted molar refractivity (Wildman–Crippen MR) is 98.8 cm³/mol. The molecule has 0 aromatic heterocycles. The van der Waals surface area contributed by atoms with Crippen LogP contribution in [0.2, 0.25) is 0 Å². The van der Waals surface area contributed by atoms with Crippen molar-refractivity contribution in [2.75, 3.05) is 32.7 Å². The van der Waals surface area contributed by atoms with Crippen molar-refractivity contribution in [1.29, 1.82) is 5.26 Å². The van der Waals surface area contributed by atoms with Gasteiger partial charge in [0.05, 0.1) is 12.6 Å². The van der Waals surface area contributed by atoms with Gasteiger partial charge in [-0.3, -0.25) is 14.6 Å². The Morgan fingerprint density at radius 1 is 1.16 bits per heavy atom. The second-order valence-electron chi connectivity index (χ2n) is 8.82. The van der Waals surface area contributed by atoms with Gasteiger partial charge < -0.3 is 5.32 Å². The zero-order valence-corrected chi connectivity index (χ0v) is 16.1. The van der Waals surface area contributed by atoms with E-state index in [0.29, 0.717) is 24.4 Å². The smallest absolute Gasteiger partial charge is 0.234 e. The summed E-state index contributed by atoms with van der Waals surface area (Å²) in [5.74, 6) is 2.99. The minimum Gasteiger partial charge on any atom is -0.352 e. The highest BCUT2D eigenvalue weighted by atomic mass is 16.2. The number of nitrogens with one attached hydrogen (secondary N) is 1. The highest BCUT2D eigenvalue weighted by Gasteiger charge is 2.42. The molecular weight excluding hydrogens is 312 g/mol. The van der Waals surface area contributed by atoms with E-state index in [4.69, 9.17) is 0 Å². The SMILES string of the molecule is CC(C)[C@H](C#N)N1CCN(CC(=O)N[C@H](C)[C@@H]2C[C@H]3CC[C@H]2C3)CC1. The lowest BCUT2D eigenvalue weighted by Crippen LogP contribution is -2.54. The first-order valence-corrected chi connectivity index (χ1v) is 10.1. The van der Waals surface area contributed by atoms with Crippen molar-refractivity contribution in [2.24, 2.45) is 23.7 Å². The maximum atomic E-state index is 12.4. The van der Waals surface area contributed by atoms with Crippen LogP contribution in [0.3, 0.4) is 0 Å². The number of nitrogens with zero attached hydrogens (tertiary/aromatic N) is 3. The summed E-state index contributed by atoms with van der Waals surface area (Å²) >= 11 is 0. The number of fused-ring (bicyclic) bond motifs is 2. The molecule has 0 radical (unpaired) electrons. The monoisotopic (exact) mass is 346 g/mol. The molecule has 5 heteroatoms. The molecule has 3 aliphatic rings. The van der Waals surface area contributed by atoms with Gasteiger partial charge in [0.15, 0.2) is 0 Å². The molecule has 5 nitrogen and oxygen atoms in total. The Morgan fingerprint density at radius 2 is 1.88 bits per heavy atom. The highest BCUT2D eigenvalue weighted by molar-refractivity contribution is 5.78. The summed E-state index contributed by atoms with van der Waals surface area (Å²) in [6.07, 6.45) is 5.48. The molecule has 25 heavy (non-hydrogen) atoms. The lowest BCUT2D eigenvalue weighted by molar-refractivity contribution is -0.123. The largest absolute Gasteiger partial charge is 0.352 e. The fourth-order valence-corrected chi connectivity index (χ4v) is 5.37. The molecule has 1 aliphatic heterocycles. The van der Waals surface area contributed by atoms with Gasteiger partial charge in [-0.15, -0.1) is 0 Å². The fraction of sp³-hybridized carbons (Fsp3) is 0.900.